The monoisotopic (exact) mass is 365 g/mol. The summed E-state index contributed by atoms with van der Waals surface area (Å²) in [7, 11) is 0. The predicted octanol–water partition coefficient (Wildman–Crippen LogP) is 3.90. The Morgan fingerprint density at radius 1 is 1.19 bits per heavy atom. The molecular formula is C21H23N3O3. The van der Waals surface area contributed by atoms with Crippen LogP contribution in [0.2, 0.25) is 0 Å². The molecule has 6 heteroatoms. The molecule has 2 aromatic heterocycles. The van der Waals surface area contributed by atoms with Crippen molar-refractivity contribution in [1.29, 1.82) is 0 Å². The number of nitrogens with zero attached hydrogens (tertiary/aromatic N) is 2. The quantitative estimate of drug-likeness (QED) is 0.718. The number of rotatable bonds is 5. The third-order valence-electron chi connectivity index (χ3n) is 5.51. The molecular weight excluding hydrogens is 342 g/mol. The lowest BCUT2D eigenvalue weighted by Crippen LogP contribution is -2.22. The van der Waals surface area contributed by atoms with Crippen LogP contribution in [0, 0.1) is 5.92 Å². The average molecular weight is 365 g/mol. The van der Waals surface area contributed by atoms with Gasteiger partial charge in [-0.2, -0.15) is 0 Å². The van der Waals surface area contributed by atoms with Crippen molar-refractivity contribution in [2.24, 2.45) is 5.92 Å². The van der Waals surface area contributed by atoms with Crippen LogP contribution in [-0.2, 0) is 6.42 Å². The number of aromatic nitrogens is 3. The number of aromatic carboxylic acids is 1. The minimum Gasteiger partial charge on any atom is -0.477 e. The molecule has 0 atom stereocenters. The lowest BCUT2D eigenvalue weighted by Gasteiger charge is -2.21. The fourth-order valence-electron chi connectivity index (χ4n) is 4.05. The van der Waals surface area contributed by atoms with Gasteiger partial charge >= 0.3 is 5.97 Å². The molecule has 1 aliphatic carbocycles. The van der Waals surface area contributed by atoms with Crippen molar-refractivity contribution in [2.45, 2.75) is 44.9 Å². The van der Waals surface area contributed by atoms with E-state index >= 15 is 0 Å². The molecule has 1 saturated carbocycles. The molecule has 1 aliphatic rings. The number of aromatic amines is 1. The maximum atomic E-state index is 13.1. The highest BCUT2D eigenvalue weighted by Gasteiger charge is 2.20. The topological polar surface area (TPSA) is 87.5 Å². The van der Waals surface area contributed by atoms with Crippen molar-refractivity contribution < 1.29 is 9.90 Å². The zero-order valence-corrected chi connectivity index (χ0v) is 15.1. The molecule has 0 saturated heterocycles. The van der Waals surface area contributed by atoms with Crippen molar-refractivity contribution in [3.8, 4) is 11.3 Å². The Hall–Kier alpha value is -2.89. The van der Waals surface area contributed by atoms with Gasteiger partial charge in [-0.1, -0.05) is 62.4 Å². The predicted molar refractivity (Wildman–Crippen MR) is 103 cm³/mol. The number of carboxylic acids is 1. The van der Waals surface area contributed by atoms with E-state index in [2.05, 4.69) is 10.1 Å². The molecule has 3 aromatic rings. The molecule has 1 aromatic carbocycles. The average Bonchev–Trinajstić information content (AvgIpc) is 3.14. The minimum absolute atomic E-state index is 0.0388. The first-order valence-corrected chi connectivity index (χ1v) is 9.57. The van der Waals surface area contributed by atoms with Gasteiger partial charge < -0.3 is 5.11 Å². The van der Waals surface area contributed by atoms with Gasteiger partial charge in [-0.05, 0) is 18.8 Å². The van der Waals surface area contributed by atoms with Crippen LogP contribution in [0.5, 0.6) is 0 Å². The van der Waals surface area contributed by atoms with Gasteiger partial charge in [-0.15, -0.1) is 0 Å². The Bertz CT molecular complexity index is 1010. The Kier molecular flexibility index (Phi) is 4.79. The van der Waals surface area contributed by atoms with Gasteiger partial charge in [0.1, 0.15) is 5.69 Å². The van der Waals surface area contributed by atoms with Crippen LogP contribution >= 0.6 is 0 Å². The maximum Gasteiger partial charge on any atom is 0.353 e. The van der Waals surface area contributed by atoms with Crippen molar-refractivity contribution in [3.05, 3.63) is 58.0 Å². The molecule has 0 bridgehead atoms. The van der Waals surface area contributed by atoms with Gasteiger partial charge in [0, 0.05) is 17.2 Å². The number of H-pyrrole nitrogens is 1. The number of nitrogens with one attached hydrogen (secondary N) is 1. The van der Waals surface area contributed by atoms with E-state index in [1.54, 1.807) is 0 Å². The van der Waals surface area contributed by atoms with Gasteiger partial charge in [0.25, 0.3) is 5.56 Å². The van der Waals surface area contributed by atoms with Crippen LogP contribution in [-0.4, -0.2) is 25.7 Å². The molecule has 0 spiro atoms. The first kappa shape index (κ1) is 17.5. The van der Waals surface area contributed by atoms with Crippen LogP contribution in [0.25, 0.3) is 16.9 Å². The summed E-state index contributed by atoms with van der Waals surface area (Å²) < 4.78 is 1.26. The van der Waals surface area contributed by atoms with Crippen molar-refractivity contribution in [1.82, 2.24) is 14.6 Å². The summed E-state index contributed by atoms with van der Waals surface area (Å²) in [6.45, 7) is 0. The van der Waals surface area contributed by atoms with Gasteiger partial charge in [0.05, 0.1) is 5.69 Å². The smallest absolute Gasteiger partial charge is 0.353 e. The van der Waals surface area contributed by atoms with E-state index in [-0.39, 0.29) is 11.3 Å². The first-order chi connectivity index (χ1) is 13.1. The van der Waals surface area contributed by atoms with Crippen LogP contribution in [0.3, 0.4) is 0 Å². The van der Waals surface area contributed by atoms with Gasteiger partial charge in [-0.25, -0.2) is 14.3 Å². The number of fused-ring (bicyclic) bond motifs is 1. The van der Waals surface area contributed by atoms with E-state index in [0.29, 0.717) is 29.2 Å². The van der Waals surface area contributed by atoms with Crippen LogP contribution < -0.4 is 5.56 Å². The molecule has 0 aliphatic heterocycles. The van der Waals surface area contributed by atoms with Gasteiger partial charge in [0.15, 0.2) is 5.65 Å². The number of hydrogen-bond donors (Lipinski definition) is 2. The second-order valence-electron chi connectivity index (χ2n) is 7.32. The van der Waals surface area contributed by atoms with Crippen molar-refractivity contribution >= 4 is 11.6 Å². The van der Waals surface area contributed by atoms with Crippen LogP contribution in [0.1, 0.15) is 54.6 Å². The highest BCUT2D eigenvalue weighted by atomic mass is 16.4. The SMILES string of the molecule is O=C(O)c1cc2nc(-c3ccccc3)c(CCC3CCCCC3)c(=O)n2[nH]1. The van der Waals surface area contributed by atoms with Gasteiger partial charge in [0.2, 0.25) is 0 Å². The standard InChI is InChI=1S/C21H23N3O3/c25-20-16(12-11-14-7-3-1-4-8-14)19(15-9-5-2-6-10-15)22-18-13-17(21(26)27)23-24(18)20/h2,5-6,9-10,13-14,23H,1,3-4,7-8,11-12H2,(H,26,27). The van der Waals surface area contributed by atoms with E-state index in [1.807, 2.05) is 30.3 Å². The highest BCUT2D eigenvalue weighted by molar-refractivity contribution is 5.86. The zero-order valence-electron chi connectivity index (χ0n) is 15.1. The Morgan fingerprint density at radius 2 is 1.93 bits per heavy atom. The largest absolute Gasteiger partial charge is 0.477 e. The van der Waals surface area contributed by atoms with E-state index < -0.39 is 5.97 Å². The second kappa shape index (κ2) is 7.39. The fourth-order valence-corrected chi connectivity index (χ4v) is 4.05. The molecule has 2 N–H and O–H groups in total. The van der Waals surface area contributed by atoms with Crippen LogP contribution in [0.4, 0.5) is 0 Å². The summed E-state index contributed by atoms with van der Waals surface area (Å²) in [6.07, 6.45) is 7.92. The molecule has 0 amide bonds. The Labute approximate surface area is 156 Å². The molecule has 27 heavy (non-hydrogen) atoms. The summed E-state index contributed by atoms with van der Waals surface area (Å²) in [6, 6.07) is 11.0. The highest BCUT2D eigenvalue weighted by Crippen LogP contribution is 2.29. The maximum absolute atomic E-state index is 13.1. The number of hydrogen-bond acceptors (Lipinski definition) is 3. The molecule has 0 unspecified atom stereocenters. The Morgan fingerprint density at radius 3 is 2.63 bits per heavy atom. The molecule has 0 radical (unpaired) electrons. The summed E-state index contributed by atoms with van der Waals surface area (Å²) in [5, 5.41) is 11.9. The van der Waals surface area contributed by atoms with Crippen LogP contribution in [0.15, 0.2) is 41.2 Å². The lowest BCUT2D eigenvalue weighted by atomic mass is 9.85. The molecule has 6 nitrogen and oxygen atoms in total. The molecule has 2 heterocycles. The van der Waals surface area contributed by atoms with E-state index in [4.69, 9.17) is 0 Å². The number of carboxylic acid groups (broad SMARTS) is 1. The van der Waals surface area contributed by atoms with E-state index in [1.165, 1.54) is 42.7 Å². The lowest BCUT2D eigenvalue weighted by molar-refractivity contribution is 0.0690. The third kappa shape index (κ3) is 3.52. The Balaban J connectivity index is 1.79. The molecule has 4 rings (SSSR count). The zero-order chi connectivity index (χ0) is 18.8. The normalized spacial score (nSPS) is 15.3. The van der Waals surface area contributed by atoms with Crippen molar-refractivity contribution in [2.75, 3.05) is 0 Å². The van der Waals surface area contributed by atoms with E-state index in [0.717, 1.165) is 12.0 Å². The summed E-state index contributed by atoms with van der Waals surface area (Å²) in [4.78, 5) is 29.1. The molecule has 1 fully saturated rings. The minimum atomic E-state index is -1.11. The van der Waals surface area contributed by atoms with E-state index in [9.17, 15) is 14.7 Å². The second-order valence-corrected chi connectivity index (χ2v) is 7.32. The van der Waals surface area contributed by atoms with Gasteiger partial charge in [-0.3, -0.25) is 9.89 Å². The molecule has 140 valence electrons. The first-order valence-electron chi connectivity index (χ1n) is 9.57. The summed E-state index contributed by atoms with van der Waals surface area (Å²) in [5.41, 5.74) is 2.28. The van der Waals surface area contributed by atoms with Crippen molar-refractivity contribution in [3.63, 3.8) is 0 Å². The fraction of sp³-hybridized carbons (Fsp3) is 0.381. The number of carbonyl (C=O) groups is 1. The summed E-state index contributed by atoms with van der Waals surface area (Å²) >= 11 is 0. The third-order valence-corrected chi connectivity index (χ3v) is 5.51. The number of benzene rings is 1. The summed E-state index contributed by atoms with van der Waals surface area (Å²) in [5.74, 6) is -0.453.